The first-order valence-electron chi connectivity index (χ1n) is 7.76. The summed E-state index contributed by atoms with van der Waals surface area (Å²) in [5.41, 5.74) is 3.07. The van der Waals surface area contributed by atoms with Crippen molar-refractivity contribution in [2.75, 3.05) is 19.6 Å². The molecule has 0 saturated carbocycles. The van der Waals surface area contributed by atoms with E-state index in [2.05, 4.69) is 58.6 Å². The van der Waals surface area contributed by atoms with Crippen LogP contribution in [0.5, 0.6) is 0 Å². The minimum atomic E-state index is -0.449. The number of morpholine rings is 1. The van der Waals surface area contributed by atoms with E-state index in [1.165, 1.54) is 5.56 Å². The molecule has 21 heavy (non-hydrogen) atoms. The Morgan fingerprint density at radius 3 is 2.24 bits per heavy atom. The van der Waals surface area contributed by atoms with Crippen LogP contribution < -0.4 is 0 Å². The van der Waals surface area contributed by atoms with Gasteiger partial charge in [-0.2, -0.15) is 0 Å². The normalized spacial score (nSPS) is 23.0. The molecule has 1 saturated heterocycles. The Labute approximate surface area is 128 Å². The van der Waals surface area contributed by atoms with Gasteiger partial charge in [0.05, 0.1) is 17.3 Å². The monoisotopic (exact) mass is 291 g/mol. The SMILES string of the molecule is Cc1ccc(C(O)CN2CC(C)(C)OC(C)(C)C2)c(C)c1. The lowest BCUT2D eigenvalue weighted by Crippen LogP contribution is -2.57. The highest BCUT2D eigenvalue weighted by molar-refractivity contribution is 5.32. The molecular formula is C18H29NO2. The Morgan fingerprint density at radius 1 is 1.14 bits per heavy atom. The molecular weight excluding hydrogens is 262 g/mol. The van der Waals surface area contributed by atoms with Crippen molar-refractivity contribution in [1.29, 1.82) is 0 Å². The number of aliphatic hydroxyl groups excluding tert-OH is 1. The third kappa shape index (κ3) is 4.29. The van der Waals surface area contributed by atoms with Gasteiger partial charge in [0, 0.05) is 19.6 Å². The first kappa shape index (κ1) is 16.5. The van der Waals surface area contributed by atoms with Crippen molar-refractivity contribution in [1.82, 2.24) is 4.90 Å². The summed E-state index contributed by atoms with van der Waals surface area (Å²) in [5.74, 6) is 0. The first-order valence-corrected chi connectivity index (χ1v) is 7.76. The lowest BCUT2D eigenvalue weighted by Gasteiger charge is -2.47. The smallest absolute Gasteiger partial charge is 0.0919 e. The van der Waals surface area contributed by atoms with E-state index < -0.39 is 6.10 Å². The lowest BCUT2D eigenvalue weighted by atomic mass is 9.96. The van der Waals surface area contributed by atoms with Gasteiger partial charge in [0.25, 0.3) is 0 Å². The van der Waals surface area contributed by atoms with E-state index in [-0.39, 0.29) is 11.2 Å². The number of nitrogens with zero attached hydrogens (tertiary/aromatic N) is 1. The second-order valence-corrected chi connectivity index (χ2v) is 7.67. The maximum Gasteiger partial charge on any atom is 0.0919 e. The standard InChI is InChI=1S/C18H29NO2/c1-13-7-8-15(14(2)9-13)16(20)10-19-11-17(3,4)21-18(5,6)12-19/h7-9,16,20H,10-12H2,1-6H3. The van der Waals surface area contributed by atoms with E-state index in [9.17, 15) is 5.11 Å². The second kappa shape index (κ2) is 5.71. The highest BCUT2D eigenvalue weighted by Crippen LogP contribution is 2.29. The van der Waals surface area contributed by atoms with Crippen LogP contribution in [0.4, 0.5) is 0 Å². The van der Waals surface area contributed by atoms with Crippen molar-refractivity contribution in [3.05, 3.63) is 34.9 Å². The Balaban J connectivity index is 2.10. The Bertz CT molecular complexity index is 492. The minimum Gasteiger partial charge on any atom is -0.387 e. The molecule has 1 unspecified atom stereocenters. The summed E-state index contributed by atoms with van der Waals surface area (Å²) < 4.78 is 6.09. The van der Waals surface area contributed by atoms with E-state index >= 15 is 0 Å². The van der Waals surface area contributed by atoms with Crippen LogP contribution in [0.25, 0.3) is 0 Å². The summed E-state index contributed by atoms with van der Waals surface area (Å²) in [6.07, 6.45) is -0.449. The molecule has 0 bridgehead atoms. The van der Waals surface area contributed by atoms with E-state index in [0.29, 0.717) is 6.54 Å². The van der Waals surface area contributed by atoms with Gasteiger partial charge >= 0.3 is 0 Å². The van der Waals surface area contributed by atoms with Crippen LogP contribution in [0.3, 0.4) is 0 Å². The summed E-state index contributed by atoms with van der Waals surface area (Å²) in [6.45, 7) is 15.0. The Kier molecular flexibility index (Phi) is 4.48. The molecule has 3 heteroatoms. The molecule has 0 radical (unpaired) electrons. The molecule has 1 aliphatic heterocycles. The van der Waals surface area contributed by atoms with Crippen LogP contribution in [0.1, 0.15) is 50.5 Å². The number of β-amino-alcohol motifs (C(OH)–C–C–N with tert-alkyl or cyclic N) is 1. The Hall–Kier alpha value is -0.900. The summed E-state index contributed by atoms with van der Waals surface area (Å²) in [5, 5.41) is 10.6. The van der Waals surface area contributed by atoms with Gasteiger partial charge in [-0.15, -0.1) is 0 Å². The Morgan fingerprint density at radius 2 is 1.71 bits per heavy atom. The van der Waals surface area contributed by atoms with E-state index in [1.54, 1.807) is 0 Å². The van der Waals surface area contributed by atoms with Gasteiger partial charge in [0.15, 0.2) is 0 Å². The summed E-state index contributed by atoms with van der Waals surface area (Å²) in [7, 11) is 0. The van der Waals surface area contributed by atoms with Gasteiger partial charge < -0.3 is 9.84 Å². The molecule has 1 atom stereocenters. The summed E-state index contributed by atoms with van der Waals surface area (Å²) in [4.78, 5) is 2.31. The van der Waals surface area contributed by atoms with Crippen molar-refractivity contribution in [2.24, 2.45) is 0 Å². The molecule has 1 N–H and O–H groups in total. The number of rotatable bonds is 3. The zero-order valence-electron chi connectivity index (χ0n) is 14.2. The number of benzene rings is 1. The van der Waals surface area contributed by atoms with Gasteiger partial charge in [-0.1, -0.05) is 23.8 Å². The van der Waals surface area contributed by atoms with E-state index in [1.807, 2.05) is 6.07 Å². The molecule has 1 fully saturated rings. The van der Waals surface area contributed by atoms with Crippen molar-refractivity contribution in [3.8, 4) is 0 Å². The average molecular weight is 291 g/mol. The van der Waals surface area contributed by atoms with Crippen LogP contribution in [0, 0.1) is 13.8 Å². The highest BCUT2D eigenvalue weighted by atomic mass is 16.5. The van der Waals surface area contributed by atoms with Crippen molar-refractivity contribution in [2.45, 2.75) is 58.8 Å². The first-order chi connectivity index (χ1) is 9.58. The third-order valence-corrected chi connectivity index (χ3v) is 3.98. The molecule has 118 valence electrons. The van der Waals surface area contributed by atoms with E-state index in [0.717, 1.165) is 24.2 Å². The molecule has 0 amide bonds. The zero-order valence-corrected chi connectivity index (χ0v) is 14.2. The fourth-order valence-corrected chi connectivity index (χ4v) is 3.62. The largest absolute Gasteiger partial charge is 0.387 e. The number of aliphatic hydroxyl groups is 1. The maximum absolute atomic E-state index is 10.6. The van der Waals surface area contributed by atoms with Crippen molar-refractivity contribution in [3.63, 3.8) is 0 Å². The topological polar surface area (TPSA) is 32.7 Å². The quantitative estimate of drug-likeness (QED) is 0.928. The molecule has 0 aliphatic carbocycles. The summed E-state index contributed by atoms with van der Waals surface area (Å²) >= 11 is 0. The fourth-order valence-electron chi connectivity index (χ4n) is 3.62. The van der Waals surface area contributed by atoms with Gasteiger partial charge in [0.1, 0.15) is 0 Å². The van der Waals surface area contributed by atoms with Crippen molar-refractivity contribution >= 4 is 0 Å². The highest BCUT2D eigenvalue weighted by Gasteiger charge is 2.38. The molecule has 1 aliphatic rings. The van der Waals surface area contributed by atoms with Crippen LogP contribution in [0.15, 0.2) is 18.2 Å². The molecule has 3 nitrogen and oxygen atoms in total. The van der Waals surface area contributed by atoms with Gasteiger partial charge in [-0.25, -0.2) is 0 Å². The van der Waals surface area contributed by atoms with E-state index in [4.69, 9.17) is 4.74 Å². The molecule has 1 aromatic rings. The number of hydrogen-bond donors (Lipinski definition) is 1. The average Bonchev–Trinajstić information content (AvgIpc) is 2.23. The molecule has 0 aromatic heterocycles. The molecule has 1 aromatic carbocycles. The summed E-state index contributed by atoms with van der Waals surface area (Å²) in [6, 6.07) is 6.25. The van der Waals surface area contributed by atoms with Gasteiger partial charge in [0.2, 0.25) is 0 Å². The molecule has 0 spiro atoms. The lowest BCUT2D eigenvalue weighted by molar-refractivity contribution is -0.183. The van der Waals surface area contributed by atoms with Crippen LogP contribution in [-0.4, -0.2) is 40.8 Å². The fraction of sp³-hybridized carbons (Fsp3) is 0.667. The van der Waals surface area contributed by atoms with Gasteiger partial charge in [-0.05, 0) is 52.7 Å². The third-order valence-electron chi connectivity index (χ3n) is 3.98. The van der Waals surface area contributed by atoms with Crippen LogP contribution >= 0.6 is 0 Å². The predicted octanol–water partition coefficient (Wildman–Crippen LogP) is 3.23. The molecule has 2 rings (SSSR count). The van der Waals surface area contributed by atoms with Crippen LogP contribution in [-0.2, 0) is 4.74 Å². The number of hydrogen-bond acceptors (Lipinski definition) is 3. The molecule has 1 heterocycles. The predicted molar refractivity (Wildman–Crippen MR) is 86.6 cm³/mol. The minimum absolute atomic E-state index is 0.177. The van der Waals surface area contributed by atoms with Crippen LogP contribution in [0.2, 0.25) is 0 Å². The second-order valence-electron chi connectivity index (χ2n) is 7.67. The number of aryl methyl sites for hydroxylation is 2. The maximum atomic E-state index is 10.6. The van der Waals surface area contributed by atoms with Crippen molar-refractivity contribution < 1.29 is 9.84 Å². The zero-order chi connectivity index (χ0) is 15.8. The van der Waals surface area contributed by atoms with Gasteiger partial charge in [-0.3, -0.25) is 4.90 Å². The number of ether oxygens (including phenoxy) is 1.